The number of amides is 1. The lowest BCUT2D eigenvalue weighted by Crippen LogP contribution is -2.16. The standard InChI is InChI=1S/C23H22N4O3S3/c1-3-11-27-20(17-10-7-12-31-17)25-26-23(27)33-14-18(28)24-21-19(22(29)30-2)16(13-32-21)15-8-5-4-6-9-15/h4-10,12-13H,3,11,14H2,1-2H3,(H,24,28). The van der Waals surface area contributed by atoms with Crippen LogP contribution in [0.1, 0.15) is 23.7 Å². The summed E-state index contributed by atoms with van der Waals surface area (Å²) < 4.78 is 7.02. The number of benzene rings is 1. The summed E-state index contributed by atoms with van der Waals surface area (Å²) in [4.78, 5) is 26.3. The van der Waals surface area contributed by atoms with E-state index in [0.29, 0.717) is 15.7 Å². The summed E-state index contributed by atoms with van der Waals surface area (Å²) in [5.74, 6) is 0.246. The molecule has 0 atom stereocenters. The third kappa shape index (κ3) is 5.18. The van der Waals surface area contributed by atoms with Gasteiger partial charge in [0.1, 0.15) is 10.6 Å². The molecule has 3 heterocycles. The molecule has 10 heteroatoms. The van der Waals surface area contributed by atoms with Crippen molar-refractivity contribution >= 4 is 51.3 Å². The molecular formula is C23H22N4O3S3. The van der Waals surface area contributed by atoms with E-state index >= 15 is 0 Å². The smallest absolute Gasteiger partial charge is 0.341 e. The molecule has 33 heavy (non-hydrogen) atoms. The second-order valence-corrected chi connectivity index (χ2v) is 9.75. The van der Waals surface area contributed by atoms with Crippen LogP contribution in [-0.4, -0.2) is 39.5 Å². The highest BCUT2D eigenvalue weighted by molar-refractivity contribution is 7.99. The number of aromatic nitrogens is 3. The first kappa shape index (κ1) is 23.2. The van der Waals surface area contributed by atoms with Crippen molar-refractivity contribution < 1.29 is 14.3 Å². The number of thiophene rings is 2. The van der Waals surface area contributed by atoms with Gasteiger partial charge in [0.25, 0.3) is 0 Å². The molecule has 1 aromatic carbocycles. The van der Waals surface area contributed by atoms with E-state index in [0.717, 1.165) is 34.8 Å². The van der Waals surface area contributed by atoms with Crippen LogP contribution in [0.25, 0.3) is 21.8 Å². The molecule has 7 nitrogen and oxygen atoms in total. The third-order valence-electron chi connectivity index (χ3n) is 4.76. The Labute approximate surface area is 203 Å². The van der Waals surface area contributed by atoms with E-state index in [1.54, 1.807) is 11.3 Å². The molecule has 4 rings (SSSR count). The number of ether oxygens (including phenoxy) is 1. The van der Waals surface area contributed by atoms with Gasteiger partial charge < -0.3 is 14.6 Å². The number of rotatable bonds is 9. The van der Waals surface area contributed by atoms with Gasteiger partial charge in [-0.1, -0.05) is 55.1 Å². The van der Waals surface area contributed by atoms with Crippen LogP contribution in [0.4, 0.5) is 5.00 Å². The molecule has 0 aliphatic rings. The van der Waals surface area contributed by atoms with Crippen LogP contribution in [0, 0.1) is 0 Å². The van der Waals surface area contributed by atoms with Crippen molar-refractivity contribution in [2.75, 3.05) is 18.2 Å². The Hall–Kier alpha value is -2.95. The average molecular weight is 499 g/mol. The molecule has 1 amide bonds. The van der Waals surface area contributed by atoms with Gasteiger partial charge in [-0.3, -0.25) is 4.79 Å². The van der Waals surface area contributed by atoms with Crippen LogP contribution in [0.15, 0.2) is 58.4 Å². The maximum Gasteiger partial charge on any atom is 0.341 e. The zero-order valence-corrected chi connectivity index (χ0v) is 20.6. The number of anilines is 1. The predicted octanol–water partition coefficient (Wildman–Crippen LogP) is 5.66. The number of carbonyl (C=O) groups excluding carboxylic acids is 2. The van der Waals surface area contributed by atoms with Crippen molar-refractivity contribution in [2.45, 2.75) is 25.0 Å². The van der Waals surface area contributed by atoms with E-state index in [-0.39, 0.29) is 11.7 Å². The van der Waals surface area contributed by atoms with E-state index in [1.807, 2.05) is 57.8 Å². The van der Waals surface area contributed by atoms with Crippen LogP contribution in [-0.2, 0) is 16.1 Å². The summed E-state index contributed by atoms with van der Waals surface area (Å²) in [6.45, 7) is 2.86. The molecule has 1 N–H and O–H groups in total. The van der Waals surface area contributed by atoms with E-state index in [9.17, 15) is 9.59 Å². The van der Waals surface area contributed by atoms with Gasteiger partial charge in [-0.2, -0.15) is 0 Å². The van der Waals surface area contributed by atoms with Crippen LogP contribution < -0.4 is 5.32 Å². The molecule has 0 unspecified atom stereocenters. The summed E-state index contributed by atoms with van der Waals surface area (Å²) >= 11 is 4.24. The van der Waals surface area contributed by atoms with Gasteiger partial charge in [0.2, 0.25) is 5.91 Å². The van der Waals surface area contributed by atoms with E-state index < -0.39 is 5.97 Å². The zero-order valence-electron chi connectivity index (χ0n) is 18.1. The number of esters is 1. The van der Waals surface area contributed by atoms with Gasteiger partial charge in [-0.05, 0) is 23.4 Å². The lowest BCUT2D eigenvalue weighted by molar-refractivity contribution is -0.113. The molecule has 0 fully saturated rings. The predicted molar refractivity (Wildman–Crippen MR) is 134 cm³/mol. The minimum atomic E-state index is -0.485. The number of hydrogen-bond donors (Lipinski definition) is 1. The van der Waals surface area contributed by atoms with Crippen LogP contribution in [0.5, 0.6) is 0 Å². The number of methoxy groups -OCH3 is 1. The van der Waals surface area contributed by atoms with Crippen molar-refractivity contribution in [1.82, 2.24) is 14.8 Å². The number of thioether (sulfide) groups is 1. The Morgan fingerprint density at radius 1 is 1.12 bits per heavy atom. The lowest BCUT2D eigenvalue weighted by Gasteiger charge is -2.09. The summed E-state index contributed by atoms with van der Waals surface area (Å²) in [6, 6.07) is 13.5. The second-order valence-electron chi connectivity index (χ2n) is 6.98. The second kappa shape index (κ2) is 10.8. The molecule has 0 aliphatic heterocycles. The SMILES string of the molecule is CCCn1c(SCC(=O)Nc2scc(-c3ccccc3)c2C(=O)OC)nnc1-c1cccs1. The molecule has 0 saturated heterocycles. The Kier molecular flexibility index (Phi) is 7.58. The van der Waals surface area contributed by atoms with Gasteiger partial charge in [0.15, 0.2) is 11.0 Å². The molecule has 0 radical (unpaired) electrons. The van der Waals surface area contributed by atoms with Crippen LogP contribution in [0.2, 0.25) is 0 Å². The van der Waals surface area contributed by atoms with Crippen LogP contribution in [0.3, 0.4) is 0 Å². The van der Waals surface area contributed by atoms with Gasteiger partial charge in [0, 0.05) is 17.5 Å². The van der Waals surface area contributed by atoms with Gasteiger partial charge in [-0.15, -0.1) is 32.9 Å². The third-order valence-corrected chi connectivity index (χ3v) is 7.48. The van der Waals surface area contributed by atoms with E-state index in [2.05, 4.69) is 22.4 Å². The van der Waals surface area contributed by atoms with Crippen molar-refractivity contribution in [1.29, 1.82) is 0 Å². The molecule has 170 valence electrons. The van der Waals surface area contributed by atoms with Gasteiger partial charge >= 0.3 is 5.97 Å². The molecule has 0 saturated carbocycles. The first-order valence-corrected chi connectivity index (χ1v) is 13.0. The van der Waals surface area contributed by atoms with Gasteiger partial charge in [0.05, 0.1) is 17.7 Å². The molecule has 0 spiro atoms. The normalized spacial score (nSPS) is 10.8. The Balaban J connectivity index is 1.50. The quantitative estimate of drug-likeness (QED) is 0.237. The summed E-state index contributed by atoms with van der Waals surface area (Å²) in [5, 5.41) is 16.5. The maximum atomic E-state index is 12.8. The first-order chi connectivity index (χ1) is 16.1. The van der Waals surface area contributed by atoms with Crippen molar-refractivity contribution in [3.05, 3.63) is 58.8 Å². The minimum absolute atomic E-state index is 0.144. The Bertz CT molecular complexity index is 1230. The fourth-order valence-corrected chi connectivity index (χ4v) is 5.74. The molecule has 0 aliphatic carbocycles. The van der Waals surface area contributed by atoms with E-state index in [1.165, 1.54) is 30.2 Å². The number of carbonyl (C=O) groups is 2. The number of hydrogen-bond acceptors (Lipinski definition) is 8. The lowest BCUT2D eigenvalue weighted by atomic mass is 10.0. The topological polar surface area (TPSA) is 86.1 Å². The molecule has 4 aromatic rings. The average Bonchev–Trinajstić information content (AvgIpc) is 3.58. The highest BCUT2D eigenvalue weighted by Crippen LogP contribution is 2.36. The number of nitrogens with zero attached hydrogens (tertiary/aromatic N) is 3. The van der Waals surface area contributed by atoms with Crippen molar-refractivity contribution in [3.63, 3.8) is 0 Å². The number of nitrogens with one attached hydrogen (secondary N) is 1. The fourth-order valence-electron chi connectivity index (χ4n) is 3.29. The monoisotopic (exact) mass is 498 g/mol. The molecule has 0 bridgehead atoms. The molecular weight excluding hydrogens is 476 g/mol. The molecule has 3 aromatic heterocycles. The summed E-state index contributed by atoms with van der Waals surface area (Å²) in [7, 11) is 1.34. The van der Waals surface area contributed by atoms with E-state index in [4.69, 9.17) is 4.74 Å². The largest absolute Gasteiger partial charge is 0.465 e. The van der Waals surface area contributed by atoms with Crippen LogP contribution >= 0.6 is 34.4 Å². The first-order valence-electron chi connectivity index (χ1n) is 10.3. The van der Waals surface area contributed by atoms with Crippen molar-refractivity contribution in [3.8, 4) is 21.8 Å². The Morgan fingerprint density at radius 2 is 1.94 bits per heavy atom. The van der Waals surface area contributed by atoms with Crippen molar-refractivity contribution in [2.24, 2.45) is 0 Å². The maximum absolute atomic E-state index is 12.8. The summed E-state index contributed by atoms with van der Waals surface area (Å²) in [5.41, 5.74) is 1.98. The Morgan fingerprint density at radius 3 is 2.64 bits per heavy atom. The highest BCUT2D eigenvalue weighted by Gasteiger charge is 2.23. The minimum Gasteiger partial charge on any atom is -0.465 e. The summed E-state index contributed by atoms with van der Waals surface area (Å²) in [6.07, 6.45) is 0.927. The zero-order chi connectivity index (χ0) is 23.2. The van der Waals surface area contributed by atoms with Gasteiger partial charge in [-0.25, -0.2) is 4.79 Å². The highest BCUT2D eigenvalue weighted by atomic mass is 32.2. The fraction of sp³-hybridized carbons (Fsp3) is 0.217.